The Balaban J connectivity index is 2.02. The SMILES string of the molecule is NC(=O)C1=NCC2(CCNCC2)C1. The average Bonchev–Trinajstić information content (AvgIpc) is 2.51. The summed E-state index contributed by atoms with van der Waals surface area (Å²) in [6, 6.07) is 0. The van der Waals surface area contributed by atoms with Crippen molar-refractivity contribution in [2.45, 2.75) is 19.3 Å². The Morgan fingerprint density at radius 3 is 2.69 bits per heavy atom. The standard InChI is InChI=1S/C9H15N3O/c10-8(13)7-5-9(6-12-7)1-3-11-4-2-9/h11H,1-6H2,(H2,10,13). The smallest absolute Gasteiger partial charge is 0.262 e. The summed E-state index contributed by atoms with van der Waals surface area (Å²) in [6.07, 6.45) is 3.03. The number of primary amides is 1. The molecule has 4 nitrogen and oxygen atoms in total. The van der Waals surface area contributed by atoms with Crippen LogP contribution in [0.15, 0.2) is 4.99 Å². The fourth-order valence-electron chi connectivity index (χ4n) is 2.19. The number of rotatable bonds is 1. The Morgan fingerprint density at radius 2 is 2.15 bits per heavy atom. The molecule has 1 saturated heterocycles. The summed E-state index contributed by atoms with van der Waals surface area (Å²) in [5.41, 5.74) is 6.06. The lowest BCUT2D eigenvalue weighted by Crippen LogP contribution is -2.38. The lowest BCUT2D eigenvalue weighted by atomic mass is 9.77. The van der Waals surface area contributed by atoms with Gasteiger partial charge in [-0.3, -0.25) is 9.79 Å². The zero-order valence-corrected chi connectivity index (χ0v) is 7.68. The van der Waals surface area contributed by atoms with E-state index in [-0.39, 0.29) is 11.3 Å². The molecule has 13 heavy (non-hydrogen) atoms. The van der Waals surface area contributed by atoms with Gasteiger partial charge < -0.3 is 11.1 Å². The molecule has 2 heterocycles. The van der Waals surface area contributed by atoms with Crippen LogP contribution in [-0.4, -0.2) is 31.3 Å². The van der Waals surface area contributed by atoms with Gasteiger partial charge >= 0.3 is 0 Å². The molecule has 1 spiro atoms. The number of carbonyl (C=O) groups is 1. The van der Waals surface area contributed by atoms with Crippen molar-refractivity contribution < 1.29 is 4.79 Å². The van der Waals surface area contributed by atoms with E-state index in [1.807, 2.05) is 0 Å². The number of nitrogens with two attached hydrogens (primary N) is 1. The third kappa shape index (κ3) is 1.58. The molecule has 0 atom stereocenters. The van der Waals surface area contributed by atoms with E-state index in [0.717, 1.165) is 38.9 Å². The minimum atomic E-state index is -0.338. The predicted octanol–water partition coefficient (Wildman–Crippen LogP) is -0.314. The van der Waals surface area contributed by atoms with Gasteiger partial charge in [-0.2, -0.15) is 0 Å². The van der Waals surface area contributed by atoms with Crippen LogP contribution in [-0.2, 0) is 4.79 Å². The van der Waals surface area contributed by atoms with E-state index in [9.17, 15) is 4.79 Å². The van der Waals surface area contributed by atoms with Crippen LogP contribution in [0.25, 0.3) is 0 Å². The first-order chi connectivity index (χ1) is 6.22. The van der Waals surface area contributed by atoms with Crippen molar-refractivity contribution >= 4 is 11.6 Å². The van der Waals surface area contributed by atoms with Gasteiger partial charge in [-0.1, -0.05) is 0 Å². The van der Waals surface area contributed by atoms with Gasteiger partial charge in [0.05, 0.1) is 5.71 Å². The second kappa shape index (κ2) is 3.10. The van der Waals surface area contributed by atoms with E-state index in [4.69, 9.17) is 5.73 Å². The highest BCUT2D eigenvalue weighted by Crippen LogP contribution is 2.37. The molecule has 4 heteroatoms. The van der Waals surface area contributed by atoms with Crippen molar-refractivity contribution in [3.8, 4) is 0 Å². The first kappa shape index (κ1) is 8.69. The van der Waals surface area contributed by atoms with Gasteiger partial charge in [-0.05, 0) is 31.3 Å². The van der Waals surface area contributed by atoms with Gasteiger partial charge in [-0.15, -0.1) is 0 Å². The van der Waals surface area contributed by atoms with E-state index in [1.54, 1.807) is 0 Å². The third-order valence-electron chi connectivity index (χ3n) is 3.10. The van der Waals surface area contributed by atoms with Crippen LogP contribution < -0.4 is 11.1 Å². The maximum absolute atomic E-state index is 10.9. The molecule has 0 aromatic carbocycles. The Hall–Kier alpha value is -0.900. The van der Waals surface area contributed by atoms with Gasteiger partial charge in [-0.25, -0.2) is 0 Å². The van der Waals surface area contributed by atoms with Gasteiger partial charge in [0.2, 0.25) is 0 Å². The number of carbonyl (C=O) groups excluding carboxylic acids is 1. The second-order valence-corrected chi connectivity index (χ2v) is 4.05. The molecule has 2 aliphatic rings. The maximum atomic E-state index is 10.9. The minimum Gasteiger partial charge on any atom is -0.365 e. The van der Waals surface area contributed by atoms with Crippen LogP contribution in [0.3, 0.4) is 0 Å². The van der Waals surface area contributed by atoms with Gasteiger partial charge in [0.25, 0.3) is 5.91 Å². The summed E-state index contributed by atoms with van der Waals surface area (Å²) < 4.78 is 0. The number of nitrogens with one attached hydrogen (secondary N) is 1. The zero-order valence-electron chi connectivity index (χ0n) is 7.68. The van der Waals surface area contributed by atoms with Crippen LogP contribution in [0.5, 0.6) is 0 Å². The summed E-state index contributed by atoms with van der Waals surface area (Å²) in [5, 5.41) is 3.31. The van der Waals surface area contributed by atoms with Crippen molar-refractivity contribution in [3.63, 3.8) is 0 Å². The summed E-state index contributed by atoms with van der Waals surface area (Å²) in [5.74, 6) is -0.338. The predicted molar refractivity (Wildman–Crippen MR) is 50.7 cm³/mol. The Kier molecular flexibility index (Phi) is 2.07. The lowest BCUT2D eigenvalue weighted by molar-refractivity contribution is -0.112. The molecule has 0 aromatic heterocycles. The summed E-state index contributed by atoms with van der Waals surface area (Å²) in [6.45, 7) is 2.88. The molecule has 0 radical (unpaired) electrons. The highest BCUT2D eigenvalue weighted by Gasteiger charge is 2.38. The maximum Gasteiger partial charge on any atom is 0.262 e. The van der Waals surface area contributed by atoms with E-state index in [2.05, 4.69) is 10.3 Å². The highest BCUT2D eigenvalue weighted by molar-refractivity contribution is 6.38. The van der Waals surface area contributed by atoms with Crippen LogP contribution in [0, 0.1) is 5.41 Å². The number of amides is 1. The van der Waals surface area contributed by atoms with Gasteiger partial charge in [0.1, 0.15) is 0 Å². The molecule has 1 fully saturated rings. The molecule has 2 aliphatic heterocycles. The molecular formula is C9H15N3O. The van der Waals surface area contributed by atoms with Crippen molar-refractivity contribution in [1.82, 2.24) is 5.32 Å². The van der Waals surface area contributed by atoms with Gasteiger partial charge in [0, 0.05) is 13.0 Å². The first-order valence-electron chi connectivity index (χ1n) is 4.76. The van der Waals surface area contributed by atoms with Crippen LogP contribution >= 0.6 is 0 Å². The minimum absolute atomic E-state index is 0.260. The Labute approximate surface area is 77.6 Å². The fraction of sp³-hybridized carbons (Fsp3) is 0.778. The fourth-order valence-corrected chi connectivity index (χ4v) is 2.19. The monoisotopic (exact) mass is 181 g/mol. The largest absolute Gasteiger partial charge is 0.365 e. The van der Waals surface area contributed by atoms with Crippen molar-refractivity contribution in [3.05, 3.63) is 0 Å². The molecule has 0 unspecified atom stereocenters. The molecule has 1 amide bonds. The normalized spacial score (nSPS) is 26.0. The zero-order chi connectivity index (χ0) is 9.31. The van der Waals surface area contributed by atoms with Crippen molar-refractivity contribution in [2.24, 2.45) is 16.1 Å². The number of nitrogens with zero attached hydrogens (tertiary/aromatic N) is 1. The first-order valence-corrected chi connectivity index (χ1v) is 4.76. The molecule has 2 rings (SSSR count). The number of piperidine rings is 1. The summed E-state index contributed by atoms with van der Waals surface area (Å²) in [4.78, 5) is 15.1. The Bertz CT molecular complexity index is 254. The Morgan fingerprint density at radius 1 is 1.46 bits per heavy atom. The quantitative estimate of drug-likeness (QED) is 0.582. The van der Waals surface area contributed by atoms with E-state index in [0.29, 0.717) is 5.71 Å². The number of hydrogen-bond acceptors (Lipinski definition) is 3. The molecular weight excluding hydrogens is 166 g/mol. The summed E-state index contributed by atoms with van der Waals surface area (Å²) in [7, 11) is 0. The van der Waals surface area contributed by atoms with Gasteiger partial charge in [0.15, 0.2) is 0 Å². The molecule has 0 saturated carbocycles. The van der Waals surface area contributed by atoms with Crippen LogP contribution in [0.1, 0.15) is 19.3 Å². The average molecular weight is 181 g/mol. The number of hydrogen-bond donors (Lipinski definition) is 2. The topological polar surface area (TPSA) is 67.5 Å². The van der Waals surface area contributed by atoms with Crippen molar-refractivity contribution in [2.75, 3.05) is 19.6 Å². The lowest BCUT2D eigenvalue weighted by Gasteiger charge is -2.32. The third-order valence-corrected chi connectivity index (χ3v) is 3.10. The number of aliphatic imine (C=N–C) groups is 1. The molecule has 72 valence electrons. The van der Waals surface area contributed by atoms with Crippen molar-refractivity contribution in [1.29, 1.82) is 0 Å². The van der Waals surface area contributed by atoms with E-state index < -0.39 is 0 Å². The highest BCUT2D eigenvalue weighted by atomic mass is 16.1. The molecule has 3 N–H and O–H groups in total. The summed E-state index contributed by atoms with van der Waals surface area (Å²) >= 11 is 0. The van der Waals surface area contributed by atoms with Crippen LogP contribution in [0.2, 0.25) is 0 Å². The van der Waals surface area contributed by atoms with E-state index in [1.165, 1.54) is 0 Å². The van der Waals surface area contributed by atoms with E-state index >= 15 is 0 Å². The van der Waals surface area contributed by atoms with Crippen LogP contribution in [0.4, 0.5) is 0 Å². The molecule has 0 aliphatic carbocycles. The second-order valence-electron chi connectivity index (χ2n) is 4.05. The molecule has 0 aromatic rings. The molecule has 0 bridgehead atoms.